The smallest absolute Gasteiger partial charge is 0.141 e. The molecule has 2 rings (SSSR count). The van der Waals surface area contributed by atoms with Crippen molar-refractivity contribution >= 4 is 17.3 Å². The summed E-state index contributed by atoms with van der Waals surface area (Å²) in [5.74, 6) is -0.390. The Kier molecular flexibility index (Phi) is 3.44. The highest BCUT2D eigenvalue weighted by atomic mass is 35.5. The van der Waals surface area contributed by atoms with Crippen molar-refractivity contribution in [2.45, 2.75) is 18.9 Å². The molecule has 4 heteroatoms. The quantitative estimate of drug-likeness (QED) is 0.860. The van der Waals surface area contributed by atoms with Crippen LogP contribution in [0.5, 0.6) is 0 Å². The molecule has 0 radical (unpaired) electrons. The molecule has 15 heavy (non-hydrogen) atoms. The molecule has 1 aliphatic heterocycles. The molecule has 1 aromatic carbocycles. The monoisotopic (exact) mass is 229 g/mol. The number of rotatable bonds is 3. The first-order chi connectivity index (χ1) is 7.25. The number of anilines is 1. The van der Waals surface area contributed by atoms with Crippen LogP contribution in [0.2, 0.25) is 5.02 Å². The van der Waals surface area contributed by atoms with Crippen molar-refractivity contribution in [3.63, 3.8) is 0 Å². The Labute approximate surface area is 93.4 Å². The van der Waals surface area contributed by atoms with Crippen molar-refractivity contribution in [2.24, 2.45) is 0 Å². The van der Waals surface area contributed by atoms with Gasteiger partial charge in [0.15, 0.2) is 0 Å². The minimum Gasteiger partial charge on any atom is -0.382 e. The lowest BCUT2D eigenvalue weighted by atomic mass is 10.2. The number of nitrogens with one attached hydrogen (secondary N) is 1. The highest BCUT2D eigenvalue weighted by Gasteiger charge is 2.14. The molecule has 0 amide bonds. The summed E-state index contributed by atoms with van der Waals surface area (Å²) in [5.41, 5.74) is 0.830. The van der Waals surface area contributed by atoms with Crippen molar-refractivity contribution in [1.82, 2.24) is 0 Å². The van der Waals surface area contributed by atoms with Crippen molar-refractivity contribution in [3.05, 3.63) is 29.0 Å². The first-order valence-electron chi connectivity index (χ1n) is 5.06. The van der Waals surface area contributed by atoms with Crippen molar-refractivity contribution < 1.29 is 9.13 Å². The summed E-state index contributed by atoms with van der Waals surface area (Å²) in [5, 5.41) is 3.32. The predicted octanol–water partition coefficient (Wildman–Crippen LogP) is 3.07. The van der Waals surface area contributed by atoms with E-state index < -0.39 is 0 Å². The minimum absolute atomic E-state index is 0.146. The van der Waals surface area contributed by atoms with Gasteiger partial charge in [-0.05, 0) is 31.0 Å². The average Bonchev–Trinajstić information content (AvgIpc) is 2.73. The van der Waals surface area contributed by atoms with Crippen LogP contribution in [0.1, 0.15) is 12.8 Å². The third kappa shape index (κ3) is 2.83. The van der Waals surface area contributed by atoms with E-state index >= 15 is 0 Å². The Morgan fingerprint density at radius 1 is 1.53 bits per heavy atom. The second-order valence-electron chi connectivity index (χ2n) is 3.64. The molecule has 0 aliphatic carbocycles. The van der Waals surface area contributed by atoms with E-state index in [4.69, 9.17) is 16.3 Å². The van der Waals surface area contributed by atoms with Crippen LogP contribution in [0.4, 0.5) is 10.1 Å². The molecule has 1 fully saturated rings. The Balaban J connectivity index is 1.90. The Morgan fingerprint density at radius 3 is 3.07 bits per heavy atom. The molecule has 1 aromatic rings. The number of hydrogen-bond acceptors (Lipinski definition) is 2. The summed E-state index contributed by atoms with van der Waals surface area (Å²) < 4.78 is 18.3. The fourth-order valence-corrected chi connectivity index (χ4v) is 1.82. The summed E-state index contributed by atoms with van der Waals surface area (Å²) in [7, 11) is 0. The van der Waals surface area contributed by atoms with E-state index in [-0.39, 0.29) is 16.9 Å². The van der Waals surface area contributed by atoms with Crippen molar-refractivity contribution in [1.29, 1.82) is 0 Å². The summed E-state index contributed by atoms with van der Waals surface area (Å²) in [6.07, 6.45) is 2.48. The van der Waals surface area contributed by atoms with Gasteiger partial charge in [0.25, 0.3) is 0 Å². The lowest BCUT2D eigenvalue weighted by Crippen LogP contribution is -2.18. The zero-order valence-corrected chi connectivity index (χ0v) is 9.06. The predicted molar refractivity (Wildman–Crippen MR) is 58.9 cm³/mol. The van der Waals surface area contributed by atoms with E-state index in [2.05, 4.69) is 5.32 Å². The topological polar surface area (TPSA) is 21.3 Å². The molecular weight excluding hydrogens is 217 g/mol. The van der Waals surface area contributed by atoms with Gasteiger partial charge in [0.05, 0.1) is 11.1 Å². The highest BCUT2D eigenvalue weighted by molar-refractivity contribution is 6.31. The summed E-state index contributed by atoms with van der Waals surface area (Å²) in [6, 6.07) is 4.63. The van der Waals surface area contributed by atoms with Crippen LogP contribution < -0.4 is 5.32 Å². The molecule has 1 saturated heterocycles. The van der Waals surface area contributed by atoms with E-state index in [1.54, 1.807) is 12.1 Å². The lowest BCUT2D eigenvalue weighted by Gasteiger charge is -2.12. The summed E-state index contributed by atoms with van der Waals surface area (Å²) in [4.78, 5) is 0. The minimum atomic E-state index is -0.390. The van der Waals surface area contributed by atoms with E-state index in [0.717, 1.165) is 31.7 Å². The third-order valence-corrected chi connectivity index (χ3v) is 2.77. The van der Waals surface area contributed by atoms with Gasteiger partial charge in [0, 0.05) is 18.8 Å². The Morgan fingerprint density at radius 2 is 2.40 bits per heavy atom. The normalized spacial score (nSPS) is 20.5. The second kappa shape index (κ2) is 4.81. The maximum Gasteiger partial charge on any atom is 0.141 e. The molecule has 1 heterocycles. The van der Waals surface area contributed by atoms with Crippen LogP contribution in [0.3, 0.4) is 0 Å². The van der Waals surface area contributed by atoms with Crippen LogP contribution in [-0.2, 0) is 4.74 Å². The maximum atomic E-state index is 12.9. The Hall–Kier alpha value is -0.800. The largest absolute Gasteiger partial charge is 0.382 e. The number of benzene rings is 1. The molecule has 1 atom stereocenters. The molecule has 2 nitrogen and oxygen atoms in total. The van der Waals surface area contributed by atoms with Crippen LogP contribution in [0, 0.1) is 5.82 Å². The molecule has 0 saturated carbocycles. The van der Waals surface area contributed by atoms with Gasteiger partial charge in [-0.3, -0.25) is 0 Å². The molecule has 1 unspecified atom stereocenters. The number of ether oxygens (including phenoxy) is 1. The van der Waals surface area contributed by atoms with E-state index in [9.17, 15) is 4.39 Å². The Bertz CT molecular complexity index is 339. The molecular formula is C11H13ClFNO. The van der Waals surface area contributed by atoms with Crippen LogP contribution in [-0.4, -0.2) is 19.3 Å². The standard InChI is InChI=1S/C11H13ClFNO/c12-10-6-8(3-4-11(10)13)14-7-9-2-1-5-15-9/h3-4,6,9,14H,1-2,5,7H2. The van der Waals surface area contributed by atoms with Gasteiger partial charge < -0.3 is 10.1 Å². The van der Waals surface area contributed by atoms with Gasteiger partial charge in [0.1, 0.15) is 5.82 Å². The maximum absolute atomic E-state index is 12.9. The summed E-state index contributed by atoms with van der Waals surface area (Å²) >= 11 is 5.66. The van der Waals surface area contributed by atoms with Crippen LogP contribution in [0.25, 0.3) is 0 Å². The van der Waals surface area contributed by atoms with Crippen LogP contribution in [0.15, 0.2) is 18.2 Å². The zero-order valence-electron chi connectivity index (χ0n) is 8.30. The first-order valence-corrected chi connectivity index (χ1v) is 5.44. The molecule has 1 aliphatic rings. The van der Waals surface area contributed by atoms with Crippen LogP contribution >= 0.6 is 11.6 Å². The zero-order chi connectivity index (χ0) is 10.7. The number of hydrogen-bond donors (Lipinski definition) is 1. The third-order valence-electron chi connectivity index (χ3n) is 2.48. The second-order valence-corrected chi connectivity index (χ2v) is 4.05. The first kappa shape index (κ1) is 10.7. The van der Waals surface area contributed by atoms with Gasteiger partial charge in [-0.1, -0.05) is 11.6 Å². The van der Waals surface area contributed by atoms with Crippen molar-refractivity contribution in [2.75, 3.05) is 18.5 Å². The molecule has 0 bridgehead atoms. The highest BCUT2D eigenvalue weighted by Crippen LogP contribution is 2.20. The number of halogens is 2. The van der Waals surface area contributed by atoms with Crippen molar-refractivity contribution in [3.8, 4) is 0 Å². The van der Waals surface area contributed by atoms with Gasteiger partial charge in [-0.15, -0.1) is 0 Å². The van der Waals surface area contributed by atoms with Gasteiger partial charge >= 0.3 is 0 Å². The van der Waals surface area contributed by atoms with Gasteiger partial charge in [-0.25, -0.2) is 4.39 Å². The molecule has 0 spiro atoms. The lowest BCUT2D eigenvalue weighted by molar-refractivity contribution is 0.120. The summed E-state index contributed by atoms with van der Waals surface area (Å²) in [6.45, 7) is 1.60. The SMILES string of the molecule is Fc1ccc(NCC2CCCO2)cc1Cl. The van der Waals surface area contributed by atoms with E-state index in [0.29, 0.717) is 0 Å². The van der Waals surface area contributed by atoms with Gasteiger partial charge in [0.2, 0.25) is 0 Å². The molecule has 82 valence electrons. The molecule has 1 N–H and O–H groups in total. The average molecular weight is 230 g/mol. The van der Waals surface area contributed by atoms with E-state index in [1.807, 2.05) is 0 Å². The van der Waals surface area contributed by atoms with E-state index in [1.165, 1.54) is 6.07 Å². The fraction of sp³-hybridized carbons (Fsp3) is 0.455. The molecule has 0 aromatic heterocycles. The fourth-order valence-electron chi connectivity index (χ4n) is 1.64. The van der Waals surface area contributed by atoms with Gasteiger partial charge in [-0.2, -0.15) is 0 Å².